The quantitative estimate of drug-likeness (QED) is 0.753. The summed E-state index contributed by atoms with van der Waals surface area (Å²) in [4.78, 5) is 0. The Morgan fingerprint density at radius 3 is 2.57 bits per heavy atom. The van der Waals surface area contributed by atoms with Crippen molar-refractivity contribution in [2.75, 3.05) is 25.4 Å². The number of ether oxygens (including phenoxy) is 1. The van der Waals surface area contributed by atoms with Gasteiger partial charge in [0, 0.05) is 13.1 Å². The zero-order valence-corrected chi connectivity index (χ0v) is 13.8. The largest absolute Gasteiger partial charge is 0.370 e. The third-order valence-corrected chi connectivity index (χ3v) is 7.32. The van der Waals surface area contributed by atoms with Gasteiger partial charge in [0.05, 0.1) is 18.0 Å². The summed E-state index contributed by atoms with van der Waals surface area (Å²) in [5, 5.41) is 0. The minimum atomic E-state index is -3.08. The summed E-state index contributed by atoms with van der Waals surface area (Å²) in [6, 6.07) is 0. The molecule has 5 heteroatoms. The summed E-state index contributed by atoms with van der Waals surface area (Å²) >= 11 is 0. The Bertz CT molecular complexity index is 498. The standard InChI is InChI=1S/C16H27NO3S/c1-14-6-11-20-16(12-14)7-9-17(10-8-16)21(18,19)13-15-4-2-3-5-15/h12,15H,2-11,13H2,1H3. The monoisotopic (exact) mass is 313 g/mol. The average molecular weight is 313 g/mol. The van der Waals surface area contributed by atoms with E-state index in [0.29, 0.717) is 24.8 Å². The molecule has 4 nitrogen and oxygen atoms in total. The fraction of sp³-hybridized carbons (Fsp3) is 0.875. The molecule has 1 saturated carbocycles. The van der Waals surface area contributed by atoms with Crippen LogP contribution in [0.3, 0.4) is 0 Å². The molecule has 0 atom stereocenters. The van der Waals surface area contributed by atoms with Crippen LogP contribution in [-0.4, -0.2) is 43.8 Å². The number of hydrogen-bond acceptors (Lipinski definition) is 3. The van der Waals surface area contributed by atoms with Gasteiger partial charge in [0.1, 0.15) is 0 Å². The summed E-state index contributed by atoms with van der Waals surface area (Å²) in [5.41, 5.74) is 1.19. The lowest BCUT2D eigenvalue weighted by Gasteiger charge is -2.41. The molecule has 2 heterocycles. The number of hydrogen-bond donors (Lipinski definition) is 0. The lowest BCUT2D eigenvalue weighted by molar-refractivity contribution is -0.0462. The molecule has 2 fully saturated rings. The highest BCUT2D eigenvalue weighted by Crippen LogP contribution is 2.34. The summed E-state index contributed by atoms with van der Waals surface area (Å²) in [6.45, 7) is 4.14. The lowest BCUT2D eigenvalue weighted by Crippen LogP contribution is -2.49. The van der Waals surface area contributed by atoms with E-state index in [-0.39, 0.29) is 5.60 Å². The Balaban J connectivity index is 1.61. The molecule has 0 aromatic carbocycles. The molecule has 0 bridgehead atoms. The topological polar surface area (TPSA) is 46.6 Å². The third-order valence-electron chi connectivity index (χ3n) is 5.28. The van der Waals surface area contributed by atoms with Gasteiger partial charge in [-0.2, -0.15) is 0 Å². The Hall–Kier alpha value is -0.390. The van der Waals surface area contributed by atoms with E-state index in [2.05, 4.69) is 13.0 Å². The van der Waals surface area contributed by atoms with Crippen molar-refractivity contribution in [3.8, 4) is 0 Å². The van der Waals surface area contributed by atoms with Gasteiger partial charge in [-0.05, 0) is 44.9 Å². The first-order valence-electron chi connectivity index (χ1n) is 8.29. The molecule has 3 aliphatic rings. The Morgan fingerprint density at radius 1 is 1.29 bits per heavy atom. The van der Waals surface area contributed by atoms with Gasteiger partial charge in [-0.15, -0.1) is 0 Å². The number of rotatable bonds is 3. The molecule has 21 heavy (non-hydrogen) atoms. The molecular weight excluding hydrogens is 286 g/mol. The van der Waals surface area contributed by atoms with Crippen molar-refractivity contribution in [3.05, 3.63) is 11.6 Å². The molecule has 0 radical (unpaired) electrons. The summed E-state index contributed by atoms with van der Waals surface area (Å²) in [6.07, 6.45) is 9.40. The zero-order valence-electron chi connectivity index (χ0n) is 13.0. The predicted octanol–water partition coefficient (Wildman–Crippen LogP) is 2.71. The van der Waals surface area contributed by atoms with Gasteiger partial charge in [0.15, 0.2) is 0 Å². The van der Waals surface area contributed by atoms with Crippen molar-refractivity contribution in [2.45, 2.75) is 57.5 Å². The summed E-state index contributed by atoms with van der Waals surface area (Å²) < 4.78 is 32.8. The molecule has 1 spiro atoms. The molecule has 0 amide bonds. The van der Waals surface area contributed by atoms with Crippen LogP contribution in [0, 0.1) is 5.92 Å². The van der Waals surface area contributed by atoms with Crippen molar-refractivity contribution in [2.24, 2.45) is 5.92 Å². The first-order chi connectivity index (χ1) is 9.99. The predicted molar refractivity (Wildman–Crippen MR) is 83.6 cm³/mol. The Morgan fingerprint density at radius 2 is 1.95 bits per heavy atom. The normalized spacial score (nSPS) is 28.0. The molecule has 1 aliphatic carbocycles. The van der Waals surface area contributed by atoms with Gasteiger partial charge < -0.3 is 4.74 Å². The fourth-order valence-electron chi connectivity index (χ4n) is 3.99. The van der Waals surface area contributed by atoms with Crippen LogP contribution in [0.4, 0.5) is 0 Å². The second-order valence-electron chi connectivity index (χ2n) is 6.98. The molecule has 0 aromatic heterocycles. The van der Waals surface area contributed by atoms with Crippen LogP contribution in [0.25, 0.3) is 0 Å². The number of piperidine rings is 1. The minimum absolute atomic E-state index is 0.193. The van der Waals surface area contributed by atoms with E-state index in [1.807, 2.05) is 0 Å². The van der Waals surface area contributed by atoms with Gasteiger partial charge in [-0.3, -0.25) is 0 Å². The highest BCUT2D eigenvalue weighted by atomic mass is 32.2. The van der Waals surface area contributed by atoms with Crippen LogP contribution in [0.5, 0.6) is 0 Å². The average Bonchev–Trinajstić information content (AvgIpc) is 2.91. The zero-order chi connectivity index (χ0) is 14.9. The van der Waals surface area contributed by atoms with Crippen LogP contribution in [0.1, 0.15) is 51.9 Å². The van der Waals surface area contributed by atoms with E-state index in [9.17, 15) is 8.42 Å². The second kappa shape index (κ2) is 6.01. The van der Waals surface area contributed by atoms with Crippen LogP contribution in [0.15, 0.2) is 11.6 Å². The first-order valence-corrected chi connectivity index (χ1v) is 9.90. The molecule has 2 aliphatic heterocycles. The molecule has 0 unspecified atom stereocenters. The molecule has 0 aromatic rings. The van der Waals surface area contributed by atoms with Crippen molar-refractivity contribution in [1.82, 2.24) is 4.31 Å². The SMILES string of the molecule is CC1=CC2(CCN(S(=O)(=O)CC3CCCC3)CC2)OCC1. The van der Waals surface area contributed by atoms with Crippen molar-refractivity contribution >= 4 is 10.0 Å². The molecular formula is C16H27NO3S. The molecule has 0 N–H and O–H groups in total. The molecule has 3 rings (SSSR count). The number of sulfonamides is 1. The highest BCUT2D eigenvalue weighted by molar-refractivity contribution is 7.89. The maximum absolute atomic E-state index is 12.5. The van der Waals surface area contributed by atoms with Crippen molar-refractivity contribution in [1.29, 1.82) is 0 Å². The van der Waals surface area contributed by atoms with E-state index >= 15 is 0 Å². The number of nitrogens with zero attached hydrogens (tertiary/aromatic N) is 1. The van der Waals surface area contributed by atoms with Crippen LogP contribution >= 0.6 is 0 Å². The van der Waals surface area contributed by atoms with E-state index in [1.54, 1.807) is 4.31 Å². The minimum Gasteiger partial charge on any atom is -0.370 e. The Kier molecular flexibility index (Phi) is 4.44. The van der Waals surface area contributed by atoms with Gasteiger partial charge in [0.25, 0.3) is 0 Å². The third kappa shape index (κ3) is 3.51. The smallest absolute Gasteiger partial charge is 0.214 e. The van der Waals surface area contributed by atoms with Gasteiger partial charge in [-0.1, -0.05) is 24.5 Å². The van der Waals surface area contributed by atoms with Gasteiger partial charge in [0.2, 0.25) is 10.0 Å². The van der Waals surface area contributed by atoms with E-state index in [1.165, 1.54) is 18.4 Å². The summed E-state index contributed by atoms with van der Waals surface area (Å²) in [5.74, 6) is 0.745. The van der Waals surface area contributed by atoms with Crippen LogP contribution in [0.2, 0.25) is 0 Å². The highest BCUT2D eigenvalue weighted by Gasteiger charge is 2.39. The van der Waals surface area contributed by atoms with Crippen LogP contribution < -0.4 is 0 Å². The summed E-state index contributed by atoms with van der Waals surface area (Å²) in [7, 11) is -3.08. The second-order valence-corrected chi connectivity index (χ2v) is 9.00. The first kappa shape index (κ1) is 15.5. The maximum atomic E-state index is 12.5. The van der Waals surface area contributed by atoms with E-state index < -0.39 is 10.0 Å². The lowest BCUT2D eigenvalue weighted by atomic mass is 9.88. The molecule has 120 valence electrons. The van der Waals surface area contributed by atoms with Crippen LogP contribution in [-0.2, 0) is 14.8 Å². The maximum Gasteiger partial charge on any atom is 0.214 e. The Labute approximate surface area is 128 Å². The van der Waals surface area contributed by atoms with Crippen molar-refractivity contribution < 1.29 is 13.2 Å². The van der Waals surface area contributed by atoms with E-state index in [0.717, 1.165) is 38.7 Å². The molecule has 1 saturated heterocycles. The van der Waals surface area contributed by atoms with Crippen molar-refractivity contribution in [3.63, 3.8) is 0 Å². The van der Waals surface area contributed by atoms with Gasteiger partial charge in [-0.25, -0.2) is 12.7 Å². The van der Waals surface area contributed by atoms with Gasteiger partial charge >= 0.3 is 0 Å². The van der Waals surface area contributed by atoms with E-state index in [4.69, 9.17) is 4.74 Å². The fourth-order valence-corrected chi connectivity index (χ4v) is 5.87.